The van der Waals surface area contributed by atoms with Gasteiger partial charge in [-0.15, -0.1) is 0 Å². The fraction of sp³-hybridized carbons (Fsp3) is 0.571. The molecule has 1 saturated heterocycles. The van der Waals surface area contributed by atoms with Gasteiger partial charge >= 0.3 is 0 Å². The Kier molecular flexibility index (Phi) is 3.11. The third-order valence-corrected chi connectivity index (χ3v) is 3.62. The summed E-state index contributed by atoms with van der Waals surface area (Å²) in [7, 11) is 0. The van der Waals surface area contributed by atoms with Crippen molar-refractivity contribution in [3.63, 3.8) is 0 Å². The molecule has 81 valence electrons. The van der Waals surface area contributed by atoms with Gasteiger partial charge in [-0.2, -0.15) is 0 Å². The molecule has 0 aromatic heterocycles. The summed E-state index contributed by atoms with van der Waals surface area (Å²) in [5, 5.41) is 4.86. The smallest absolute Gasteiger partial charge is 0.0420 e. The lowest BCUT2D eigenvalue weighted by Crippen LogP contribution is -2.42. The Morgan fingerprint density at radius 1 is 1.27 bits per heavy atom. The Morgan fingerprint density at radius 3 is 2.53 bits per heavy atom. The lowest BCUT2D eigenvalue weighted by Gasteiger charge is -2.32. The van der Waals surface area contributed by atoms with E-state index >= 15 is 0 Å². The summed E-state index contributed by atoms with van der Waals surface area (Å²) in [6, 6.07) is 10.8. The first-order valence-corrected chi connectivity index (χ1v) is 5.95. The maximum atomic E-state index is 4.86. The Morgan fingerprint density at radius 2 is 2.00 bits per heavy atom. The largest absolute Gasteiger partial charge is 0.235 e. The van der Waals surface area contributed by atoms with Crippen LogP contribution in [0.25, 0.3) is 0 Å². The van der Waals surface area contributed by atoms with Gasteiger partial charge in [0.1, 0.15) is 0 Å². The van der Waals surface area contributed by atoms with Crippen molar-refractivity contribution in [1.82, 2.24) is 5.32 Å². The van der Waals surface area contributed by atoms with E-state index in [4.69, 9.17) is 5.32 Å². The molecule has 1 fully saturated rings. The fourth-order valence-electron chi connectivity index (χ4n) is 2.53. The highest BCUT2D eigenvalue weighted by molar-refractivity contribution is 5.19. The first-order chi connectivity index (χ1) is 7.23. The van der Waals surface area contributed by atoms with Gasteiger partial charge in [-0.1, -0.05) is 44.2 Å². The molecule has 0 amide bonds. The molecule has 0 bridgehead atoms. The summed E-state index contributed by atoms with van der Waals surface area (Å²) in [4.78, 5) is 0. The lowest BCUT2D eigenvalue weighted by atomic mass is 9.80. The maximum absolute atomic E-state index is 4.86. The van der Waals surface area contributed by atoms with Gasteiger partial charge < -0.3 is 0 Å². The Labute approximate surface area is 92.9 Å². The van der Waals surface area contributed by atoms with E-state index < -0.39 is 0 Å². The van der Waals surface area contributed by atoms with Crippen LogP contribution in [0.15, 0.2) is 30.3 Å². The summed E-state index contributed by atoms with van der Waals surface area (Å²) in [5.74, 6) is 0.653. The standard InChI is InChI=1S/C14H20N/c1-12(2)14(9-6-10-15-14)11-13-7-4-3-5-8-13/h3-5,7-8,12H,6,9-11H2,1-2H3. The van der Waals surface area contributed by atoms with Gasteiger partial charge in [0.05, 0.1) is 0 Å². The highest BCUT2D eigenvalue weighted by atomic mass is 15.0. The molecule has 15 heavy (non-hydrogen) atoms. The van der Waals surface area contributed by atoms with Crippen LogP contribution in [-0.4, -0.2) is 12.1 Å². The van der Waals surface area contributed by atoms with Crippen molar-refractivity contribution in [2.45, 2.75) is 38.6 Å². The minimum absolute atomic E-state index is 0.224. The van der Waals surface area contributed by atoms with Crippen molar-refractivity contribution < 1.29 is 0 Å². The zero-order chi connectivity index (χ0) is 10.7. The molecule has 0 spiro atoms. The van der Waals surface area contributed by atoms with Crippen molar-refractivity contribution in [3.8, 4) is 0 Å². The topological polar surface area (TPSA) is 14.1 Å². The number of rotatable bonds is 3. The molecule has 1 unspecified atom stereocenters. The average molecular weight is 202 g/mol. The first kappa shape index (κ1) is 10.7. The molecule has 0 N–H and O–H groups in total. The van der Waals surface area contributed by atoms with Crippen LogP contribution in [0.3, 0.4) is 0 Å². The monoisotopic (exact) mass is 202 g/mol. The minimum atomic E-state index is 0.224. The summed E-state index contributed by atoms with van der Waals surface area (Å²) in [6.45, 7) is 5.67. The van der Waals surface area contributed by atoms with Crippen LogP contribution in [0.5, 0.6) is 0 Å². The summed E-state index contributed by atoms with van der Waals surface area (Å²) < 4.78 is 0. The van der Waals surface area contributed by atoms with E-state index in [0.717, 1.165) is 13.0 Å². The van der Waals surface area contributed by atoms with E-state index in [1.54, 1.807) is 0 Å². The molecule has 1 aromatic carbocycles. The number of benzene rings is 1. The second-order valence-electron chi connectivity index (χ2n) is 4.91. The molecule has 1 heteroatoms. The average Bonchev–Trinajstić information content (AvgIpc) is 2.69. The summed E-state index contributed by atoms with van der Waals surface area (Å²) in [5.41, 5.74) is 1.65. The van der Waals surface area contributed by atoms with Crippen LogP contribution in [0.4, 0.5) is 0 Å². The van der Waals surface area contributed by atoms with Gasteiger partial charge in [0.25, 0.3) is 0 Å². The van der Waals surface area contributed by atoms with E-state index in [9.17, 15) is 0 Å². The molecule has 1 aliphatic rings. The van der Waals surface area contributed by atoms with Crippen LogP contribution < -0.4 is 5.32 Å². The van der Waals surface area contributed by atoms with Crippen LogP contribution in [0, 0.1) is 5.92 Å². The van der Waals surface area contributed by atoms with E-state index in [1.807, 2.05) is 0 Å². The van der Waals surface area contributed by atoms with Crippen molar-refractivity contribution in [3.05, 3.63) is 35.9 Å². The highest BCUT2D eigenvalue weighted by Gasteiger charge is 2.37. The molecular formula is C14H20N. The van der Waals surface area contributed by atoms with Crippen LogP contribution in [0.2, 0.25) is 0 Å². The zero-order valence-electron chi connectivity index (χ0n) is 9.74. The molecule has 1 nitrogen and oxygen atoms in total. The number of hydrogen-bond donors (Lipinski definition) is 0. The summed E-state index contributed by atoms with van der Waals surface area (Å²) >= 11 is 0. The van der Waals surface area contributed by atoms with Crippen LogP contribution in [-0.2, 0) is 6.42 Å². The first-order valence-electron chi connectivity index (χ1n) is 5.95. The molecule has 0 aliphatic carbocycles. The van der Waals surface area contributed by atoms with Crippen molar-refractivity contribution >= 4 is 0 Å². The second kappa shape index (κ2) is 4.36. The van der Waals surface area contributed by atoms with E-state index in [-0.39, 0.29) is 5.54 Å². The van der Waals surface area contributed by atoms with E-state index in [1.165, 1.54) is 18.4 Å². The van der Waals surface area contributed by atoms with Crippen molar-refractivity contribution in [2.75, 3.05) is 6.54 Å². The Balaban J connectivity index is 2.14. The summed E-state index contributed by atoms with van der Waals surface area (Å²) in [6.07, 6.45) is 3.65. The third kappa shape index (κ3) is 2.23. The molecule has 1 radical (unpaired) electrons. The SMILES string of the molecule is CC(C)C1(Cc2ccccc2)CCC[N]1. The van der Waals surface area contributed by atoms with Gasteiger partial charge in [-0.3, -0.25) is 0 Å². The quantitative estimate of drug-likeness (QED) is 0.715. The highest BCUT2D eigenvalue weighted by Crippen LogP contribution is 2.32. The van der Waals surface area contributed by atoms with E-state index in [0.29, 0.717) is 5.92 Å². The van der Waals surface area contributed by atoms with E-state index in [2.05, 4.69) is 44.2 Å². The van der Waals surface area contributed by atoms with Crippen LogP contribution in [0.1, 0.15) is 32.3 Å². The number of hydrogen-bond acceptors (Lipinski definition) is 0. The lowest BCUT2D eigenvalue weighted by molar-refractivity contribution is 0.264. The molecular weight excluding hydrogens is 182 g/mol. The fourth-order valence-corrected chi connectivity index (χ4v) is 2.53. The van der Waals surface area contributed by atoms with Gasteiger partial charge in [-0.05, 0) is 30.7 Å². The van der Waals surface area contributed by atoms with Crippen molar-refractivity contribution in [2.24, 2.45) is 5.92 Å². The Bertz CT molecular complexity index is 296. The number of nitrogens with zero attached hydrogens (tertiary/aromatic N) is 1. The molecule has 1 aliphatic heterocycles. The minimum Gasteiger partial charge on any atom is -0.235 e. The van der Waals surface area contributed by atoms with Gasteiger partial charge in [0.15, 0.2) is 0 Å². The predicted octanol–water partition coefficient (Wildman–Crippen LogP) is 3.02. The van der Waals surface area contributed by atoms with Gasteiger partial charge in [0.2, 0.25) is 0 Å². The normalized spacial score (nSPS) is 26.1. The molecule has 1 heterocycles. The van der Waals surface area contributed by atoms with Crippen molar-refractivity contribution in [1.29, 1.82) is 0 Å². The van der Waals surface area contributed by atoms with Crippen LogP contribution >= 0.6 is 0 Å². The zero-order valence-corrected chi connectivity index (χ0v) is 9.74. The molecule has 1 aromatic rings. The second-order valence-corrected chi connectivity index (χ2v) is 4.91. The van der Waals surface area contributed by atoms with Gasteiger partial charge in [-0.25, -0.2) is 5.32 Å². The van der Waals surface area contributed by atoms with Gasteiger partial charge in [0, 0.05) is 12.1 Å². The molecule has 0 saturated carbocycles. The molecule has 1 atom stereocenters. The Hall–Kier alpha value is -0.820. The maximum Gasteiger partial charge on any atom is 0.0420 e. The third-order valence-electron chi connectivity index (χ3n) is 3.62. The predicted molar refractivity (Wildman–Crippen MR) is 64.0 cm³/mol. The molecule has 2 rings (SSSR count).